The Morgan fingerprint density at radius 3 is 2.38 bits per heavy atom. The molecule has 2 atom stereocenters. The highest BCUT2D eigenvalue weighted by Crippen LogP contribution is 2.59. The van der Waals surface area contributed by atoms with Gasteiger partial charge in [0.25, 0.3) is 0 Å². The molecular weight excluding hydrogens is 202 g/mol. The molecule has 0 radical (unpaired) electrons. The molecule has 0 amide bonds. The second-order valence-corrected chi connectivity index (χ2v) is 6.04. The Bertz CT molecular complexity index is 334. The van der Waals surface area contributed by atoms with Gasteiger partial charge in [0.2, 0.25) is 0 Å². The van der Waals surface area contributed by atoms with Crippen LogP contribution in [0.1, 0.15) is 32.1 Å². The highest BCUT2D eigenvalue weighted by Gasteiger charge is 2.54. The van der Waals surface area contributed by atoms with Crippen molar-refractivity contribution in [3.05, 3.63) is 12.2 Å². The molecule has 0 spiro atoms. The predicted octanol–water partition coefficient (Wildman–Crippen LogP) is 2.19. The second-order valence-electron chi connectivity index (χ2n) is 6.04. The monoisotopic (exact) mass is 221 g/mol. The Morgan fingerprint density at radius 2 is 1.88 bits per heavy atom. The average molecular weight is 221 g/mol. The molecule has 3 heteroatoms. The third kappa shape index (κ3) is 1.41. The van der Waals surface area contributed by atoms with Crippen LogP contribution in [0.3, 0.4) is 0 Å². The Morgan fingerprint density at radius 1 is 1.25 bits per heavy atom. The first-order chi connectivity index (χ1) is 7.61. The zero-order chi connectivity index (χ0) is 11.3. The van der Waals surface area contributed by atoms with Crippen LogP contribution >= 0.6 is 0 Å². The van der Waals surface area contributed by atoms with E-state index in [9.17, 15) is 5.11 Å². The largest absolute Gasteiger partial charge is 0.411 e. The maximum Gasteiger partial charge on any atom is 0.0690 e. The highest BCUT2D eigenvalue weighted by atomic mass is 16.4. The van der Waals surface area contributed by atoms with Crippen LogP contribution in [0.2, 0.25) is 0 Å². The predicted molar refractivity (Wildman–Crippen MR) is 61.4 cm³/mol. The van der Waals surface area contributed by atoms with E-state index in [1.54, 1.807) is 0 Å². The standard InChI is InChI=1S/C13H19NO2/c1-8(7-14-16)12-10-2-9-3-11(12)6-13(15,4-9)5-10/h7,9-12,15-16H,1-6H2. The summed E-state index contributed by atoms with van der Waals surface area (Å²) in [4.78, 5) is 0. The van der Waals surface area contributed by atoms with E-state index in [1.807, 2.05) is 0 Å². The summed E-state index contributed by atoms with van der Waals surface area (Å²) in [6, 6.07) is 0. The lowest BCUT2D eigenvalue weighted by molar-refractivity contribution is -0.142. The molecule has 4 aliphatic rings. The van der Waals surface area contributed by atoms with Gasteiger partial charge < -0.3 is 10.3 Å². The van der Waals surface area contributed by atoms with Crippen LogP contribution in [0, 0.1) is 23.7 Å². The van der Waals surface area contributed by atoms with E-state index in [2.05, 4.69) is 11.7 Å². The first-order valence-electron chi connectivity index (χ1n) is 6.20. The lowest BCUT2D eigenvalue weighted by atomic mass is 9.49. The van der Waals surface area contributed by atoms with E-state index in [-0.39, 0.29) is 5.60 Å². The van der Waals surface area contributed by atoms with Crippen molar-refractivity contribution in [3.8, 4) is 0 Å². The van der Waals surface area contributed by atoms with Gasteiger partial charge in [-0.25, -0.2) is 0 Å². The van der Waals surface area contributed by atoms with E-state index in [4.69, 9.17) is 5.21 Å². The fraction of sp³-hybridized carbons (Fsp3) is 0.769. The lowest BCUT2D eigenvalue weighted by Crippen LogP contribution is -2.55. The number of hydrogen-bond acceptors (Lipinski definition) is 3. The molecule has 4 fully saturated rings. The second kappa shape index (κ2) is 3.33. The van der Waals surface area contributed by atoms with Gasteiger partial charge in [0.05, 0.1) is 11.8 Å². The molecule has 4 bridgehead atoms. The molecule has 88 valence electrons. The number of oxime groups is 1. The molecule has 0 saturated heterocycles. The van der Waals surface area contributed by atoms with Crippen LogP contribution in [-0.4, -0.2) is 22.1 Å². The summed E-state index contributed by atoms with van der Waals surface area (Å²) in [5, 5.41) is 22.1. The van der Waals surface area contributed by atoms with Crippen molar-refractivity contribution in [3.63, 3.8) is 0 Å². The lowest BCUT2D eigenvalue weighted by Gasteiger charge is -2.58. The van der Waals surface area contributed by atoms with Crippen LogP contribution in [0.4, 0.5) is 0 Å². The molecule has 0 aromatic carbocycles. The molecule has 2 N–H and O–H groups in total. The van der Waals surface area contributed by atoms with E-state index in [1.165, 1.54) is 19.1 Å². The number of rotatable bonds is 2. The maximum atomic E-state index is 10.4. The van der Waals surface area contributed by atoms with Crippen molar-refractivity contribution < 1.29 is 10.3 Å². The fourth-order valence-corrected chi connectivity index (χ4v) is 4.75. The van der Waals surface area contributed by atoms with E-state index >= 15 is 0 Å². The molecule has 16 heavy (non-hydrogen) atoms. The molecule has 4 saturated carbocycles. The molecule has 2 unspecified atom stereocenters. The Labute approximate surface area is 95.8 Å². The molecule has 0 aromatic rings. The maximum absolute atomic E-state index is 10.4. The zero-order valence-corrected chi connectivity index (χ0v) is 9.47. The van der Waals surface area contributed by atoms with Crippen molar-refractivity contribution in [2.45, 2.75) is 37.7 Å². The quantitative estimate of drug-likeness (QED) is 0.426. The first kappa shape index (κ1) is 10.3. The van der Waals surface area contributed by atoms with Gasteiger partial charge in [0, 0.05) is 0 Å². The van der Waals surface area contributed by atoms with E-state index in [0.717, 1.165) is 30.8 Å². The van der Waals surface area contributed by atoms with Crippen LogP contribution < -0.4 is 0 Å². The molecule has 3 nitrogen and oxygen atoms in total. The van der Waals surface area contributed by atoms with Crippen molar-refractivity contribution >= 4 is 6.21 Å². The van der Waals surface area contributed by atoms with Gasteiger partial charge in [-0.3, -0.25) is 0 Å². The van der Waals surface area contributed by atoms with Gasteiger partial charge in [-0.15, -0.1) is 0 Å². The highest BCUT2D eigenvalue weighted by molar-refractivity contribution is 5.78. The normalized spacial score (nSPS) is 50.1. The summed E-state index contributed by atoms with van der Waals surface area (Å²) in [7, 11) is 0. The first-order valence-corrected chi connectivity index (χ1v) is 6.20. The Hall–Kier alpha value is -0.830. The van der Waals surface area contributed by atoms with Gasteiger partial charge in [-0.2, -0.15) is 0 Å². The molecular formula is C13H19NO2. The van der Waals surface area contributed by atoms with Gasteiger partial charge in [-0.1, -0.05) is 11.7 Å². The summed E-state index contributed by atoms with van der Waals surface area (Å²) in [6.45, 7) is 4.02. The minimum Gasteiger partial charge on any atom is -0.411 e. The number of hydrogen-bond donors (Lipinski definition) is 2. The Kier molecular flexibility index (Phi) is 2.15. The summed E-state index contributed by atoms with van der Waals surface area (Å²) >= 11 is 0. The third-order valence-corrected chi connectivity index (χ3v) is 4.89. The topological polar surface area (TPSA) is 52.8 Å². The number of nitrogens with zero attached hydrogens (tertiary/aromatic N) is 1. The van der Waals surface area contributed by atoms with Crippen LogP contribution in [0.15, 0.2) is 17.3 Å². The van der Waals surface area contributed by atoms with Gasteiger partial charge in [0.15, 0.2) is 0 Å². The van der Waals surface area contributed by atoms with Crippen molar-refractivity contribution in [1.82, 2.24) is 0 Å². The molecule has 4 aliphatic carbocycles. The summed E-state index contributed by atoms with van der Waals surface area (Å²) in [5.41, 5.74) is 0.559. The minimum atomic E-state index is -0.385. The van der Waals surface area contributed by atoms with Crippen LogP contribution in [0.5, 0.6) is 0 Å². The number of allylic oxidation sites excluding steroid dienone is 1. The van der Waals surface area contributed by atoms with Gasteiger partial charge in [-0.05, 0) is 61.3 Å². The summed E-state index contributed by atoms with van der Waals surface area (Å²) < 4.78 is 0. The zero-order valence-electron chi connectivity index (χ0n) is 9.47. The molecule has 0 aromatic heterocycles. The SMILES string of the molecule is C=C(C=NO)C1C2CC3CC1CC(O)(C3)C2. The third-order valence-electron chi connectivity index (χ3n) is 4.89. The van der Waals surface area contributed by atoms with E-state index in [0.29, 0.717) is 17.8 Å². The van der Waals surface area contributed by atoms with Crippen molar-refractivity contribution in [2.24, 2.45) is 28.8 Å². The fourth-order valence-electron chi connectivity index (χ4n) is 4.75. The van der Waals surface area contributed by atoms with E-state index < -0.39 is 0 Å². The van der Waals surface area contributed by atoms with Crippen molar-refractivity contribution in [2.75, 3.05) is 0 Å². The summed E-state index contributed by atoms with van der Waals surface area (Å²) in [6.07, 6.45) is 6.78. The van der Waals surface area contributed by atoms with Crippen LogP contribution in [0.25, 0.3) is 0 Å². The van der Waals surface area contributed by atoms with Gasteiger partial charge >= 0.3 is 0 Å². The van der Waals surface area contributed by atoms with Gasteiger partial charge in [0.1, 0.15) is 0 Å². The molecule has 4 rings (SSSR count). The van der Waals surface area contributed by atoms with Crippen molar-refractivity contribution in [1.29, 1.82) is 0 Å². The Balaban J connectivity index is 1.86. The molecule has 0 heterocycles. The molecule has 0 aliphatic heterocycles. The summed E-state index contributed by atoms with van der Waals surface area (Å²) in [5.74, 6) is 2.27. The van der Waals surface area contributed by atoms with Crippen LogP contribution in [-0.2, 0) is 0 Å². The minimum absolute atomic E-state index is 0.385. The average Bonchev–Trinajstić information content (AvgIpc) is 2.13. The number of aliphatic hydroxyl groups is 1. The smallest absolute Gasteiger partial charge is 0.0690 e.